The number of fused-ring (bicyclic) bond motifs is 2. The highest BCUT2D eigenvalue weighted by molar-refractivity contribution is 6.04. The van der Waals surface area contributed by atoms with E-state index >= 15 is 0 Å². The number of H-pyrrole nitrogens is 1. The van der Waals surface area contributed by atoms with Gasteiger partial charge < -0.3 is 20.1 Å². The molecule has 0 bridgehead atoms. The van der Waals surface area contributed by atoms with Gasteiger partial charge in [0, 0.05) is 34.6 Å². The number of aromatic amines is 1. The van der Waals surface area contributed by atoms with Gasteiger partial charge in [0.05, 0.1) is 16.7 Å². The van der Waals surface area contributed by atoms with Gasteiger partial charge in [0.15, 0.2) is 0 Å². The lowest BCUT2D eigenvalue weighted by Gasteiger charge is -2.08. The molecule has 5 aromatic rings. The average Bonchev–Trinajstić information content (AvgIpc) is 3.56. The van der Waals surface area contributed by atoms with Crippen LogP contribution in [-0.4, -0.2) is 27.6 Å². The monoisotopic (exact) mass is 449 g/mol. The molecule has 7 nitrogen and oxygen atoms in total. The molecule has 1 aliphatic rings. The van der Waals surface area contributed by atoms with E-state index in [2.05, 4.69) is 32.9 Å². The lowest BCUT2D eigenvalue weighted by atomic mass is 10.0. The SMILES string of the molecule is Cc1noc(C)c1-c1ccc2nc(-c3ccc(C(=O)Nc4ccc5c(c4)NCC5)cc3)[nH]c2c1. The molecule has 0 saturated carbocycles. The number of carbonyl (C=O) groups is 1. The highest BCUT2D eigenvalue weighted by atomic mass is 16.5. The van der Waals surface area contributed by atoms with Crippen molar-refractivity contribution in [2.75, 3.05) is 17.2 Å². The Morgan fingerprint density at radius 1 is 1.00 bits per heavy atom. The molecule has 0 unspecified atom stereocenters. The molecule has 34 heavy (non-hydrogen) atoms. The van der Waals surface area contributed by atoms with E-state index in [1.165, 1.54) is 5.56 Å². The smallest absolute Gasteiger partial charge is 0.255 e. The Morgan fingerprint density at radius 3 is 2.62 bits per heavy atom. The molecule has 3 heterocycles. The molecule has 168 valence electrons. The number of benzene rings is 3. The Kier molecular flexibility index (Phi) is 4.69. The summed E-state index contributed by atoms with van der Waals surface area (Å²) in [5.74, 6) is 1.40. The van der Waals surface area contributed by atoms with Crippen LogP contribution in [-0.2, 0) is 6.42 Å². The number of nitrogens with one attached hydrogen (secondary N) is 3. The Morgan fingerprint density at radius 2 is 1.82 bits per heavy atom. The third-order valence-electron chi connectivity index (χ3n) is 6.30. The second kappa shape index (κ2) is 7.88. The zero-order valence-electron chi connectivity index (χ0n) is 18.9. The first kappa shape index (κ1) is 20.2. The number of aryl methyl sites for hydroxylation is 2. The molecule has 3 aromatic carbocycles. The number of hydrogen-bond acceptors (Lipinski definition) is 5. The van der Waals surface area contributed by atoms with E-state index in [1.54, 1.807) is 0 Å². The van der Waals surface area contributed by atoms with E-state index in [-0.39, 0.29) is 5.91 Å². The molecule has 0 spiro atoms. The molecule has 1 amide bonds. The Hall–Kier alpha value is -4.39. The van der Waals surface area contributed by atoms with Crippen molar-refractivity contribution in [1.82, 2.24) is 15.1 Å². The number of aromatic nitrogens is 3. The van der Waals surface area contributed by atoms with Crippen molar-refractivity contribution in [3.8, 4) is 22.5 Å². The fourth-order valence-electron chi connectivity index (χ4n) is 4.55. The number of carbonyl (C=O) groups excluding carboxylic acids is 1. The van der Waals surface area contributed by atoms with Crippen LogP contribution in [0.25, 0.3) is 33.5 Å². The third-order valence-corrected chi connectivity index (χ3v) is 6.30. The van der Waals surface area contributed by atoms with E-state index < -0.39 is 0 Å². The van der Waals surface area contributed by atoms with Gasteiger partial charge in [-0.15, -0.1) is 0 Å². The van der Waals surface area contributed by atoms with Crippen LogP contribution in [0.1, 0.15) is 27.4 Å². The predicted molar refractivity (Wildman–Crippen MR) is 133 cm³/mol. The minimum absolute atomic E-state index is 0.141. The van der Waals surface area contributed by atoms with Gasteiger partial charge in [0.25, 0.3) is 5.91 Å². The highest BCUT2D eigenvalue weighted by Gasteiger charge is 2.15. The minimum Gasteiger partial charge on any atom is -0.384 e. The Balaban J connectivity index is 1.23. The number of anilines is 2. The molecule has 0 radical (unpaired) electrons. The van der Waals surface area contributed by atoms with Crippen LogP contribution in [0, 0.1) is 13.8 Å². The standard InChI is InChI=1S/C27H23N5O2/c1-15-25(16(2)34-32-15)20-8-10-22-24(13-20)31-26(30-22)18-3-5-19(6-4-18)27(33)29-21-9-7-17-11-12-28-23(17)14-21/h3-10,13-14,28H,11-12H2,1-2H3,(H,29,33)(H,30,31). The molecule has 0 atom stereocenters. The molecule has 1 aliphatic heterocycles. The second-order valence-corrected chi connectivity index (χ2v) is 8.60. The summed E-state index contributed by atoms with van der Waals surface area (Å²) in [6, 6.07) is 19.5. The average molecular weight is 450 g/mol. The fourth-order valence-corrected chi connectivity index (χ4v) is 4.55. The highest BCUT2D eigenvalue weighted by Crippen LogP contribution is 2.30. The van der Waals surface area contributed by atoms with Crippen LogP contribution in [0.5, 0.6) is 0 Å². The van der Waals surface area contributed by atoms with Crippen LogP contribution in [0.3, 0.4) is 0 Å². The maximum atomic E-state index is 12.7. The van der Waals surface area contributed by atoms with Crippen molar-refractivity contribution < 1.29 is 9.32 Å². The van der Waals surface area contributed by atoms with Crippen LogP contribution in [0.4, 0.5) is 11.4 Å². The fraction of sp³-hybridized carbons (Fsp3) is 0.148. The quantitative estimate of drug-likeness (QED) is 0.326. The van der Waals surface area contributed by atoms with E-state index in [9.17, 15) is 4.79 Å². The summed E-state index contributed by atoms with van der Waals surface area (Å²) in [6.45, 7) is 4.79. The molecule has 6 rings (SSSR count). The van der Waals surface area contributed by atoms with Crippen molar-refractivity contribution in [3.05, 3.63) is 83.2 Å². The Bertz CT molecular complexity index is 1530. The first-order valence-corrected chi connectivity index (χ1v) is 11.3. The van der Waals surface area contributed by atoms with Crippen molar-refractivity contribution in [1.29, 1.82) is 0 Å². The summed E-state index contributed by atoms with van der Waals surface area (Å²) in [6.07, 6.45) is 1.02. The largest absolute Gasteiger partial charge is 0.384 e. The number of nitrogens with zero attached hydrogens (tertiary/aromatic N) is 2. The van der Waals surface area contributed by atoms with E-state index in [4.69, 9.17) is 9.51 Å². The molecular formula is C27H23N5O2. The normalized spacial score (nSPS) is 12.5. The zero-order chi connectivity index (χ0) is 23.2. The number of amides is 1. The van der Waals surface area contributed by atoms with Crippen molar-refractivity contribution in [3.63, 3.8) is 0 Å². The summed E-state index contributed by atoms with van der Waals surface area (Å²) in [7, 11) is 0. The van der Waals surface area contributed by atoms with Crippen molar-refractivity contribution >= 4 is 28.3 Å². The van der Waals surface area contributed by atoms with Gasteiger partial charge in [0.1, 0.15) is 11.6 Å². The van der Waals surface area contributed by atoms with Crippen molar-refractivity contribution in [2.45, 2.75) is 20.3 Å². The molecule has 3 N–H and O–H groups in total. The molecule has 0 aliphatic carbocycles. The third kappa shape index (κ3) is 3.51. The van der Waals surface area contributed by atoms with Crippen LogP contribution in [0.2, 0.25) is 0 Å². The maximum Gasteiger partial charge on any atom is 0.255 e. The summed E-state index contributed by atoms with van der Waals surface area (Å²) >= 11 is 0. The predicted octanol–water partition coefficient (Wildman–Crippen LogP) is 5.72. The minimum atomic E-state index is -0.141. The van der Waals surface area contributed by atoms with Gasteiger partial charge in [-0.2, -0.15) is 0 Å². The number of imidazole rings is 1. The van der Waals surface area contributed by atoms with Crippen LogP contribution < -0.4 is 10.6 Å². The molecule has 0 fully saturated rings. The first-order chi connectivity index (χ1) is 16.5. The second-order valence-electron chi connectivity index (χ2n) is 8.60. The summed E-state index contributed by atoms with van der Waals surface area (Å²) in [5, 5.41) is 10.4. The molecule has 7 heteroatoms. The number of rotatable bonds is 4. The summed E-state index contributed by atoms with van der Waals surface area (Å²) in [5.41, 5.74) is 9.37. The maximum absolute atomic E-state index is 12.7. The van der Waals surface area contributed by atoms with Crippen LogP contribution in [0.15, 0.2) is 65.2 Å². The lowest BCUT2D eigenvalue weighted by molar-refractivity contribution is 0.102. The molecular weight excluding hydrogens is 426 g/mol. The van der Waals surface area contributed by atoms with Crippen molar-refractivity contribution in [2.24, 2.45) is 0 Å². The first-order valence-electron chi connectivity index (χ1n) is 11.3. The van der Waals surface area contributed by atoms with Gasteiger partial charge in [-0.05, 0) is 67.8 Å². The van der Waals surface area contributed by atoms with E-state index in [1.807, 2.05) is 62.4 Å². The molecule has 0 saturated heterocycles. The summed E-state index contributed by atoms with van der Waals surface area (Å²) in [4.78, 5) is 20.9. The number of hydrogen-bond donors (Lipinski definition) is 3. The van der Waals surface area contributed by atoms with Gasteiger partial charge in [-0.3, -0.25) is 4.79 Å². The van der Waals surface area contributed by atoms with Gasteiger partial charge >= 0.3 is 0 Å². The Labute approximate surface area is 196 Å². The molecule has 2 aromatic heterocycles. The van der Waals surface area contributed by atoms with Gasteiger partial charge in [-0.25, -0.2) is 4.98 Å². The van der Waals surface area contributed by atoms with E-state index in [0.717, 1.165) is 69.3 Å². The zero-order valence-corrected chi connectivity index (χ0v) is 18.9. The lowest BCUT2D eigenvalue weighted by Crippen LogP contribution is -2.11. The van der Waals surface area contributed by atoms with Gasteiger partial charge in [-0.1, -0.05) is 29.4 Å². The van der Waals surface area contributed by atoms with Gasteiger partial charge in [0.2, 0.25) is 0 Å². The topological polar surface area (TPSA) is 95.8 Å². The van der Waals surface area contributed by atoms with Crippen LogP contribution >= 0.6 is 0 Å². The summed E-state index contributed by atoms with van der Waals surface area (Å²) < 4.78 is 5.31. The van der Waals surface area contributed by atoms with E-state index in [0.29, 0.717) is 5.56 Å².